The van der Waals surface area contributed by atoms with Gasteiger partial charge in [0.2, 0.25) is 0 Å². The van der Waals surface area contributed by atoms with Crippen LogP contribution in [0.2, 0.25) is 5.02 Å². The number of pyridine rings is 1. The number of hydrogen-bond donors (Lipinski definition) is 1. The molecular formula is C12H14ClN3O3. The van der Waals surface area contributed by atoms with Gasteiger partial charge in [0.1, 0.15) is 5.82 Å². The summed E-state index contributed by atoms with van der Waals surface area (Å²) in [6, 6.07) is 3.44. The molecule has 1 heterocycles. The summed E-state index contributed by atoms with van der Waals surface area (Å²) in [4.78, 5) is 16.9. The summed E-state index contributed by atoms with van der Waals surface area (Å²) >= 11 is 5.77. The highest BCUT2D eigenvalue weighted by molar-refractivity contribution is 6.33. The van der Waals surface area contributed by atoms with Crippen LogP contribution in [0.15, 0.2) is 12.3 Å². The molecule has 0 bridgehead atoms. The second-order valence-corrected chi connectivity index (χ2v) is 4.12. The van der Waals surface area contributed by atoms with E-state index in [2.05, 4.69) is 4.98 Å². The molecule has 6 nitrogen and oxygen atoms in total. The molecule has 19 heavy (non-hydrogen) atoms. The quantitative estimate of drug-likeness (QED) is 0.821. The van der Waals surface area contributed by atoms with Crippen molar-refractivity contribution in [2.24, 2.45) is 0 Å². The molecule has 1 aromatic rings. The molecule has 1 rings (SSSR count). The summed E-state index contributed by atoms with van der Waals surface area (Å²) in [5.41, 5.74) is -0.00830. The van der Waals surface area contributed by atoms with Crippen LogP contribution in [0.25, 0.3) is 0 Å². The molecule has 0 aromatic carbocycles. The van der Waals surface area contributed by atoms with Crippen LogP contribution in [-0.4, -0.2) is 42.9 Å². The zero-order valence-electron chi connectivity index (χ0n) is 10.5. The number of carbonyl (C=O) groups is 1. The molecule has 0 saturated carbocycles. The molecule has 0 amide bonds. The number of ether oxygens (including phenoxy) is 1. The van der Waals surface area contributed by atoms with Crippen molar-refractivity contribution >= 4 is 23.4 Å². The number of rotatable bonds is 7. The fourth-order valence-corrected chi connectivity index (χ4v) is 1.68. The monoisotopic (exact) mass is 283 g/mol. The maximum atomic E-state index is 11.0. The number of anilines is 1. The fourth-order valence-electron chi connectivity index (χ4n) is 1.49. The third-order valence-corrected chi connectivity index (χ3v) is 2.76. The van der Waals surface area contributed by atoms with Crippen molar-refractivity contribution in [3.8, 4) is 6.07 Å². The van der Waals surface area contributed by atoms with Gasteiger partial charge >= 0.3 is 5.97 Å². The maximum absolute atomic E-state index is 11.0. The lowest BCUT2D eigenvalue weighted by molar-refractivity contribution is 0.0697. The highest BCUT2D eigenvalue weighted by Crippen LogP contribution is 2.20. The molecule has 0 aliphatic heterocycles. The molecule has 0 radical (unpaired) electrons. The summed E-state index contributed by atoms with van der Waals surface area (Å²) in [7, 11) is 1.57. The minimum atomic E-state index is -1.11. The largest absolute Gasteiger partial charge is 0.478 e. The van der Waals surface area contributed by atoms with Crippen LogP contribution in [0.5, 0.6) is 0 Å². The number of carboxylic acids is 1. The Morgan fingerprint density at radius 1 is 1.63 bits per heavy atom. The van der Waals surface area contributed by atoms with Crippen molar-refractivity contribution in [2.75, 3.05) is 31.7 Å². The van der Waals surface area contributed by atoms with Gasteiger partial charge in [-0.25, -0.2) is 9.78 Å². The van der Waals surface area contributed by atoms with Crippen molar-refractivity contribution in [1.82, 2.24) is 4.98 Å². The molecule has 102 valence electrons. The minimum Gasteiger partial charge on any atom is -0.478 e. The first-order chi connectivity index (χ1) is 9.10. The van der Waals surface area contributed by atoms with Gasteiger partial charge < -0.3 is 14.7 Å². The number of halogens is 1. The van der Waals surface area contributed by atoms with Crippen LogP contribution in [0, 0.1) is 11.3 Å². The first-order valence-electron chi connectivity index (χ1n) is 5.59. The lowest BCUT2D eigenvalue weighted by atomic mass is 10.2. The van der Waals surface area contributed by atoms with Gasteiger partial charge in [0.15, 0.2) is 0 Å². The van der Waals surface area contributed by atoms with Crippen LogP contribution in [0.4, 0.5) is 5.82 Å². The molecule has 0 aliphatic carbocycles. The maximum Gasteiger partial charge on any atom is 0.337 e. The number of hydrogen-bond acceptors (Lipinski definition) is 5. The van der Waals surface area contributed by atoms with Crippen LogP contribution < -0.4 is 4.90 Å². The van der Waals surface area contributed by atoms with Gasteiger partial charge in [-0.2, -0.15) is 5.26 Å². The van der Waals surface area contributed by atoms with E-state index >= 15 is 0 Å². The zero-order chi connectivity index (χ0) is 14.3. The molecule has 7 heteroatoms. The Balaban J connectivity index is 2.97. The van der Waals surface area contributed by atoms with Gasteiger partial charge in [0.05, 0.1) is 29.7 Å². The summed E-state index contributed by atoms with van der Waals surface area (Å²) in [6.07, 6.45) is 1.61. The smallest absolute Gasteiger partial charge is 0.337 e. The van der Waals surface area contributed by atoms with Crippen LogP contribution in [-0.2, 0) is 4.74 Å². The Kier molecular flexibility index (Phi) is 6.06. The second-order valence-electron chi connectivity index (χ2n) is 3.72. The predicted molar refractivity (Wildman–Crippen MR) is 70.5 cm³/mol. The first-order valence-corrected chi connectivity index (χ1v) is 5.97. The second kappa shape index (κ2) is 7.56. The van der Waals surface area contributed by atoms with E-state index < -0.39 is 5.97 Å². The van der Waals surface area contributed by atoms with E-state index in [1.807, 2.05) is 6.07 Å². The SMILES string of the molecule is COCCN(CCC#N)c1cc(C(=O)O)c(Cl)cn1. The standard InChI is InChI=1S/C12H14ClN3O3/c1-19-6-5-16(4-2-3-14)11-7-9(12(17)18)10(13)8-15-11/h7-8H,2,4-6H2,1H3,(H,17,18). The topological polar surface area (TPSA) is 86.5 Å². The first kappa shape index (κ1) is 15.2. The molecule has 0 saturated heterocycles. The number of nitriles is 1. The highest BCUT2D eigenvalue weighted by atomic mass is 35.5. The normalized spacial score (nSPS) is 9.95. The van der Waals surface area contributed by atoms with Crippen LogP contribution in [0.3, 0.4) is 0 Å². The Labute approximate surface area is 116 Å². The molecule has 1 N–H and O–H groups in total. The van der Waals surface area contributed by atoms with Crippen molar-refractivity contribution in [3.05, 3.63) is 22.8 Å². The summed E-state index contributed by atoms with van der Waals surface area (Å²) < 4.78 is 4.98. The Morgan fingerprint density at radius 3 is 2.95 bits per heavy atom. The van der Waals surface area contributed by atoms with Gasteiger partial charge in [-0.1, -0.05) is 11.6 Å². The summed E-state index contributed by atoms with van der Waals surface area (Å²) in [5.74, 6) is -0.644. The molecule has 0 spiro atoms. The zero-order valence-corrected chi connectivity index (χ0v) is 11.2. The Bertz CT molecular complexity index is 488. The minimum absolute atomic E-state index is 0.00830. The van der Waals surface area contributed by atoms with E-state index in [1.54, 1.807) is 12.0 Å². The van der Waals surface area contributed by atoms with Crippen molar-refractivity contribution in [1.29, 1.82) is 5.26 Å². The van der Waals surface area contributed by atoms with Gasteiger partial charge in [-0.15, -0.1) is 0 Å². The third kappa shape index (κ3) is 4.39. The third-order valence-electron chi connectivity index (χ3n) is 2.45. The van der Waals surface area contributed by atoms with E-state index in [9.17, 15) is 4.79 Å². The number of nitrogens with zero attached hydrogens (tertiary/aromatic N) is 3. The number of aromatic nitrogens is 1. The van der Waals surface area contributed by atoms with E-state index in [4.69, 9.17) is 26.7 Å². The molecule has 0 atom stereocenters. The predicted octanol–water partition coefficient (Wildman–Crippen LogP) is 1.80. The average Bonchev–Trinajstić information content (AvgIpc) is 2.39. The van der Waals surface area contributed by atoms with Gasteiger partial charge in [0.25, 0.3) is 0 Å². The van der Waals surface area contributed by atoms with E-state index in [0.717, 1.165) is 0 Å². The number of carboxylic acid groups (broad SMARTS) is 1. The van der Waals surface area contributed by atoms with Crippen molar-refractivity contribution < 1.29 is 14.6 Å². The molecule has 1 aromatic heterocycles. The molecule has 0 aliphatic rings. The number of methoxy groups -OCH3 is 1. The highest BCUT2D eigenvalue weighted by Gasteiger charge is 2.14. The van der Waals surface area contributed by atoms with Crippen molar-refractivity contribution in [2.45, 2.75) is 6.42 Å². The van der Waals surface area contributed by atoms with E-state index in [-0.39, 0.29) is 10.6 Å². The summed E-state index contributed by atoms with van der Waals surface area (Å²) in [6.45, 7) is 1.43. The van der Waals surface area contributed by atoms with Crippen molar-refractivity contribution in [3.63, 3.8) is 0 Å². The van der Waals surface area contributed by atoms with Gasteiger partial charge in [-0.05, 0) is 6.07 Å². The number of aromatic carboxylic acids is 1. The molecule has 0 fully saturated rings. The van der Waals surface area contributed by atoms with Gasteiger partial charge in [0, 0.05) is 26.4 Å². The summed E-state index contributed by atoms with van der Waals surface area (Å²) in [5, 5.41) is 17.7. The average molecular weight is 284 g/mol. The van der Waals surface area contributed by atoms with E-state index in [0.29, 0.717) is 31.9 Å². The molecule has 0 unspecified atom stereocenters. The Morgan fingerprint density at radius 2 is 2.37 bits per heavy atom. The lowest BCUT2D eigenvalue weighted by Gasteiger charge is -2.22. The van der Waals surface area contributed by atoms with Crippen LogP contribution >= 0.6 is 11.6 Å². The van der Waals surface area contributed by atoms with Gasteiger partial charge in [-0.3, -0.25) is 0 Å². The molecular weight excluding hydrogens is 270 g/mol. The fraction of sp³-hybridized carbons (Fsp3) is 0.417. The van der Waals surface area contributed by atoms with Crippen LogP contribution in [0.1, 0.15) is 16.8 Å². The Hall–Kier alpha value is -1.84. The van der Waals surface area contributed by atoms with E-state index in [1.165, 1.54) is 12.3 Å². The lowest BCUT2D eigenvalue weighted by Crippen LogP contribution is -2.29.